The van der Waals surface area contributed by atoms with E-state index >= 15 is 0 Å². The second-order valence-corrected chi connectivity index (χ2v) is 4.67. The number of primary amides is 1. The Balaban J connectivity index is 0.00000312. The Morgan fingerprint density at radius 2 is 1.88 bits per heavy atom. The number of halogens is 2. The maximum absolute atomic E-state index is 13.3. The fraction of sp³-hybridized carbons (Fsp3) is 0.0667. The number of hydrogen-bond donors (Lipinski definition) is 2. The number of rotatable bonds is 4. The summed E-state index contributed by atoms with van der Waals surface area (Å²) in [5.41, 5.74) is 4.82. The van der Waals surface area contributed by atoms with E-state index in [1.807, 2.05) is 0 Å². The van der Waals surface area contributed by atoms with Crippen LogP contribution in [0.15, 0.2) is 41.6 Å². The van der Waals surface area contributed by atoms with Crippen molar-refractivity contribution in [2.24, 2.45) is 10.8 Å². The topological polar surface area (TPSA) is 109 Å². The van der Waals surface area contributed by atoms with Crippen LogP contribution in [-0.2, 0) is 0 Å². The molecule has 1 heterocycles. The van der Waals surface area contributed by atoms with Gasteiger partial charge in [-0.05, 0) is 31.2 Å². The van der Waals surface area contributed by atoms with Crippen LogP contribution in [-0.4, -0.2) is 27.8 Å². The minimum Gasteiger partial charge on any atom is -1.00 e. The van der Waals surface area contributed by atoms with Crippen molar-refractivity contribution in [3.05, 3.63) is 59.4 Å². The molecule has 0 spiro atoms. The monoisotopic (exact) mass is 358 g/mol. The molecule has 25 heavy (non-hydrogen) atoms. The Kier molecular flexibility index (Phi) is 7.16. The van der Waals surface area contributed by atoms with Crippen molar-refractivity contribution in [3.63, 3.8) is 0 Å². The van der Waals surface area contributed by atoms with E-state index in [1.54, 1.807) is 0 Å². The van der Waals surface area contributed by atoms with Gasteiger partial charge in [0.1, 0.15) is 17.3 Å². The van der Waals surface area contributed by atoms with Crippen molar-refractivity contribution in [1.82, 2.24) is 4.98 Å². The maximum atomic E-state index is 13.3. The third-order valence-corrected chi connectivity index (χ3v) is 2.93. The van der Waals surface area contributed by atoms with Crippen LogP contribution in [0, 0.1) is 11.6 Å². The van der Waals surface area contributed by atoms with Gasteiger partial charge in [0.2, 0.25) is 0 Å². The predicted octanol–water partition coefficient (Wildman–Crippen LogP) is -0.516. The van der Waals surface area contributed by atoms with Gasteiger partial charge in [0.15, 0.2) is 0 Å². The van der Waals surface area contributed by atoms with Crippen molar-refractivity contribution in [3.8, 4) is 0 Å². The number of carboxylic acids is 1. The fourth-order valence-electron chi connectivity index (χ4n) is 1.96. The standard InChI is InChI=1S/C15H12F2N4O3.Na.H/c1-8(13-12(14(22)23)3-2-4-19-13)20-21(15(18)24)11-6-9(16)5-10(17)7-11;;/h2-7H,1H3,(H2,18,24)(H,22,23);;/q;+1;-1/b20-8+;;. The number of urea groups is 1. The molecule has 126 valence electrons. The van der Waals surface area contributed by atoms with Gasteiger partial charge < -0.3 is 12.3 Å². The number of aromatic nitrogens is 1. The van der Waals surface area contributed by atoms with Gasteiger partial charge in [0.05, 0.1) is 17.0 Å². The maximum Gasteiger partial charge on any atom is 1.00 e. The molecule has 0 aliphatic rings. The van der Waals surface area contributed by atoms with Crippen molar-refractivity contribution in [2.75, 3.05) is 5.01 Å². The first-order valence-electron chi connectivity index (χ1n) is 6.59. The Morgan fingerprint density at radius 1 is 1.28 bits per heavy atom. The van der Waals surface area contributed by atoms with Crippen LogP contribution in [0.5, 0.6) is 0 Å². The van der Waals surface area contributed by atoms with E-state index in [0.29, 0.717) is 11.1 Å². The summed E-state index contributed by atoms with van der Waals surface area (Å²) in [4.78, 5) is 26.7. The number of nitrogens with two attached hydrogens (primary N) is 1. The second kappa shape index (κ2) is 8.65. The summed E-state index contributed by atoms with van der Waals surface area (Å²) in [5, 5.41) is 13.6. The van der Waals surface area contributed by atoms with E-state index in [1.165, 1.54) is 25.3 Å². The number of amides is 2. The van der Waals surface area contributed by atoms with E-state index in [9.17, 15) is 18.4 Å². The zero-order valence-corrected chi connectivity index (χ0v) is 15.4. The molecule has 0 unspecified atom stereocenters. The van der Waals surface area contributed by atoms with Crippen LogP contribution in [0.3, 0.4) is 0 Å². The van der Waals surface area contributed by atoms with Crippen molar-refractivity contribution in [1.29, 1.82) is 0 Å². The van der Waals surface area contributed by atoms with Crippen LogP contribution in [0.4, 0.5) is 19.3 Å². The number of nitrogens with zero attached hydrogens (tertiary/aromatic N) is 3. The predicted molar refractivity (Wildman–Crippen MR) is 82.9 cm³/mol. The third-order valence-electron chi connectivity index (χ3n) is 2.93. The molecule has 0 aliphatic carbocycles. The molecule has 2 aromatic rings. The second-order valence-electron chi connectivity index (χ2n) is 4.67. The molecule has 10 heteroatoms. The van der Waals surface area contributed by atoms with Gasteiger partial charge in [0, 0.05) is 12.3 Å². The summed E-state index contributed by atoms with van der Waals surface area (Å²) in [6.07, 6.45) is 1.34. The summed E-state index contributed by atoms with van der Waals surface area (Å²) in [5.74, 6) is -3.09. The van der Waals surface area contributed by atoms with E-state index < -0.39 is 23.6 Å². The van der Waals surface area contributed by atoms with E-state index in [2.05, 4.69) is 10.1 Å². The summed E-state index contributed by atoms with van der Waals surface area (Å²) in [6, 6.07) is 3.98. The third kappa shape index (κ3) is 5.05. The molecule has 7 nitrogen and oxygen atoms in total. The molecule has 1 aromatic carbocycles. The molecule has 2 amide bonds. The van der Waals surface area contributed by atoms with Crippen LogP contribution in [0.25, 0.3) is 0 Å². The molecule has 1 aromatic heterocycles. The van der Waals surface area contributed by atoms with Crippen molar-refractivity contribution < 1.29 is 54.5 Å². The molecule has 0 fully saturated rings. The smallest absolute Gasteiger partial charge is 1.00 e. The van der Waals surface area contributed by atoms with E-state index in [0.717, 1.165) is 12.1 Å². The number of pyridine rings is 1. The minimum atomic E-state index is -1.24. The van der Waals surface area contributed by atoms with Crippen LogP contribution < -0.4 is 40.3 Å². The number of anilines is 1. The van der Waals surface area contributed by atoms with Gasteiger partial charge in [-0.2, -0.15) is 10.1 Å². The Hall–Kier alpha value is -2.36. The number of hydrazone groups is 1. The quantitative estimate of drug-likeness (QED) is 0.436. The molecule has 0 bridgehead atoms. The molecule has 0 radical (unpaired) electrons. The van der Waals surface area contributed by atoms with Gasteiger partial charge in [-0.3, -0.25) is 4.98 Å². The first-order chi connectivity index (χ1) is 11.3. The summed E-state index contributed by atoms with van der Waals surface area (Å²) in [6.45, 7) is 1.39. The number of benzene rings is 1. The zero-order chi connectivity index (χ0) is 17.9. The van der Waals surface area contributed by atoms with Gasteiger partial charge in [-0.1, -0.05) is 0 Å². The van der Waals surface area contributed by atoms with Crippen LogP contribution in [0.2, 0.25) is 0 Å². The largest absolute Gasteiger partial charge is 1.00 e. The molecule has 0 saturated carbocycles. The molecule has 0 saturated heterocycles. The summed E-state index contributed by atoms with van der Waals surface area (Å²) in [7, 11) is 0. The first-order valence-corrected chi connectivity index (χ1v) is 6.59. The Bertz CT molecular complexity index is 831. The Labute approximate surface area is 164 Å². The molecule has 0 aliphatic heterocycles. The fourth-order valence-corrected chi connectivity index (χ4v) is 1.96. The number of aromatic carboxylic acids is 1. The van der Waals surface area contributed by atoms with Gasteiger partial charge >= 0.3 is 41.6 Å². The zero-order valence-electron chi connectivity index (χ0n) is 14.4. The van der Waals surface area contributed by atoms with Crippen LogP contribution in [0.1, 0.15) is 24.4 Å². The normalized spacial score (nSPS) is 10.8. The summed E-state index contributed by atoms with van der Waals surface area (Å²) < 4.78 is 26.6. The van der Waals surface area contributed by atoms with E-state index in [-0.39, 0.29) is 53.6 Å². The first kappa shape index (κ1) is 20.7. The van der Waals surface area contributed by atoms with Gasteiger partial charge in [-0.25, -0.2) is 18.4 Å². The number of hydrogen-bond acceptors (Lipinski definition) is 4. The van der Waals surface area contributed by atoms with Crippen molar-refractivity contribution in [2.45, 2.75) is 6.92 Å². The minimum absolute atomic E-state index is 0. The van der Waals surface area contributed by atoms with E-state index in [4.69, 9.17) is 10.8 Å². The Morgan fingerprint density at radius 3 is 2.40 bits per heavy atom. The van der Waals surface area contributed by atoms with Gasteiger partial charge in [0.25, 0.3) is 0 Å². The average Bonchev–Trinajstić information content (AvgIpc) is 2.51. The molecular weight excluding hydrogens is 345 g/mol. The molecular formula is C15H13F2N4NaO3. The van der Waals surface area contributed by atoms with Crippen LogP contribution >= 0.6 is 0 Å². The number of carbonyl (C=O) groups excluding carboxylic acids is 1. The SMILES string of the molecule is C/C(=N\N(C(N)=O)c1cc(F)cc(F)c1)c1ncccc1C(=O)O.[H-].[Na+]. The molecule has 3 N–H and O–H groups in total. The molecule has 0 atom stereocenters. The average molecular weight is 358 g/mol. The number of carboxylic acid groups (broad SMARTS) is 1. The van der Waals surface area contributed by atoms with Crippen molar-refractivity contribution >= 4 is 23.4 Å². The molecule has 2 rings (SSSR count). The number of carbonyl (C=O) groups is 2. The van der Waals surface area contributed by atoms with Gasteiger partial charge in [-0.15, -0.1) is 0 Å². The summed E-state index contributed by atoms with van der Waals surface area (Å²) >= 11 is 0.